The lowest BCUT2D eigenvalue weighted by molar-refractivity contribution is 0.0962. The van der Waals surface area contributed by atoms with Gasteiger partial charge >= 0.3 is 0 Å². The lowest BCUT2D eigenvalue weighted by atomic mass is 10.1. The summed E-state index contributed by atoms with van der Waals surface area (Å²) in [5, 5.41) is 5.33. The number of anilines is 1. The molecular weight excluding hydrogens is 296 g/mol. The Balaban J connectivity index is 1.72. The van der Waals surface area contributed by atoms with Crippen molar-refractivity contribution in [3.8, 4) is 11.5 Å². The van der Waals surface area contributed by atoms with E-state index in [1.807, 2.05) is 0 Å². The summed E-state index contributed by atoms with van der Waals surface area (Å²) in [6, 6.07) is 11.7. The molecule has 2 N–H and O–H groups in total. The number of fused-ring (bicyclic) bond motifs is 1. The molecule has 6 nitrogen and oxygen atoms in total. The average molecular weight is 312 g/mol. The molecule has 0 radical (unpaired) electrons. The van der Waals surface area contributed by atoms with E-state index in [9.17, 15) is 9.59 Å². The van der Waals surface area contributed by atoms with Crippen molar-refractivity contribution < 1.29 is 19.1 Å². The Morgan fingerprint density at radius 1 is 0.870 bits per heavy atom. The Labute approximate surface area is 133 Å². The Morgan fingerprint density at radius 3 is 2.22 bits per heavy atom. The Bertz CT molecular complexity index is 741. The van der Waals surface area contributed by atoms with Gasteiger partial charge in [0.15, 0.2) is 11.5 Å². The van der Waals surface area contributed by atoms with Gasteiger partial charge in [0.05, 0.1) is 0 Å². The van der Waals surface area contributed by atoms with Crippen LogP contribution in [0, 0.1) is 0 Å². The van der Waals surface area contributed by atoms with Crippen LogP contribution in [0.3, 0.4) is 0 Å². The van der Waals surface area contributed by atoms with Gasteiger partial charge in [0.25, 0.3) is 11.8 Å². The molecule has 2 aromatic carbocycles. The second kappa shape index (κ2) is 6.39. The molecule has 6 heteroatoms. The van der Waals surface area contributed by atoms with Gasteiger partial charge in [-0.15, -0.1) is 0 Å². The van der Waals surface area contributed by atoms with Crippen molar-refractivity contribution in [3.63, 3.8) is 0 Å². The minimum Gasteiger partial charge on any atom is -0.486 e. The summed E-state index contributed by atoms with van der Waals surface area (Å²) in [5.41, 5.74) is 1.62. The highest BCUT2D eigenvalue weighted by Gasteiger charge is 2.15. The third-order valence-corrected chi connectivity index (χ3v) is 3.44. The molecule has 0 bridgehead atoms. The SMILES string of the molecule is CNC(=O)c1ccc(NC(=O)c2ccc3c(c2)OCCO3)cc1. The number of hydrogen-bond donors (Lipinski definition) is 2. The average Bonchev–Trinajstić information content (AvgIpc) is 2.61. The first-order valence-electron chi connectivity index (χ1n) is 7.20. The first kappa shape index (κ1) is 14.9. The van der Waals surface area contributed by atoms with E-state index in [2.05, 4.69) is 10.6 Å². The maximum Gasteiger partial charge on any atom is 0.255 e. The fraction of sp³-hybridized carbons (Fsp3) is 0.176. The highest BCUT2D eigenvalue weighted by Crippen LogP contribution is 2.30. The van der Waals surface area contributed by atoms with E-state index in [1.54, 1.807) is 49.5 Å². The van der Waals surface area contributed by atoms with E-state index in [-0.39, 0.29) is 11.8 Å². The fourth-order valence-electron chi connectivity index (χ4n) is 2.24. The number of amides is 2. The zero-order chi connectivity index (χ0) is 16.2. The molecule has 118 valence electrons. The molecule has 0 fully saturated rings. The lowest BCUT2D eigenvalue weighted by Crippen LogP contribution is -2.18. The van der Waals surface area contributed by atoms with E-state index in [0.29, 0.717) is 41.5 Å². The highest BCUT2D eigenvalue weighted by molar-refractivity contribution is 6.05. The first-order valence-corrected chi connectivity index (χ1v) is 7.20. The number of ether oxygens (including phenoxy) is 2. The van der Waals surface area contributed by atoms with Crippen molar-refractivity contribution in [1.29, 1.82) is 0 Å². The molecule has 23 heavy (non-hydrogen) atoms. The third kappa shape index (κ3) is 3.26. The van der Waals surface area contributed by atoms with Gasteiger partial charge < -0.3 is 20.1 Å². The van der Waals surface area contributed by atoms with Gasteiger partial charge in [-0.25, -0.2) is 0 Å². The fourth-order valence-corrected chi connectivity index (χ4v) is 2.24. The van der Waals surface area contributed by atoms with Crippen molar-refractivity contribution in [2.24, 2.45) is 0 Å². The second-order valence-electron chi connectivity index (χ2n) is 4.97. The van der Waals surface area contributed by atoms with Gasteiger partial charge in [0.2, 0.25) is 0 Å². The summed E-state index contributed by atoms with van der Waals surface area (Å²) < 4.78 is 10.9. The summed E-state index contributed by atoms with van der Waals surface area (Å²) in [6.45, 7) is 0.981. The van der Waals surface area contributed by atoms with E-state index in [4.69, 9.17) is 9.47 Å². The van der Waals surface area contributed by atoms with Crippen molar-refractivity contribution in [3.05, 3.63) is 53.6 Å². The van der Waals surface area contributed by atoms with Gasteiger partial charge in [0.1, 0.15) is 13.2 Å². The van der Waals surface area contributed by atoms with E-state index < -0.39 is 0 Å². The van der Waals surface area contributed by atoms with Gasteiger partial charge in [0, 0.05) is 23.9 Å². The van der Waals surface area contributed by atoms with Crippen LogP contribution in [0.2, 0.25) is 0 Å². The van der Waals surface area contributed by atoms with Crippen molar-refractivity contribution in [1.82, 2.24) is 5.32 Å². The summed E-state index contributed by atoms with van der Waals surface area (Å²) in [4.78, 5) is 23.8. The lowest BCUT2D eigenvalue weighted by Gasteiger charge is -2.18. The number of rotatable bonds is 3. The zero-order valence-corrected chi connectivity index (χ0v) is 12.6. The number of nitrogens with one attached hydrogen (secondary N) is 2. The van der Waals surface area contributed by atoms with Crippen LogP contribution >= 0.6 is 0 Å². The summed E-state index contributed by atoms with van der Waals surface area (Å²) in [6.07, 6.45) is 0. The molecule has 3 rings (SSSR count). The molecule has 2 amide bonds. The molecule has 0 spiro atoms. The highest BCUT2D eigenvalue weighted by atomic mass is 16.6. The topological polar surface area (TPSA) is 76.7 Å². The largest absolute Gasteiger partial charge is 0.486 e. The summed E-state index contributed by atoms with van der Waals surface area (Å²) in [7, 11) is 1.57. The van der Waals surface area contributed by atoms with Crippen LogP contribution in [0.25, 0.3) is 0 Å². The van der Waals surface area contributed by atoms with Crippen molar-refractivity contribution in [2.75, 3.05) is 25.6 Å². The Morgan fingerprint density at radius 2 is 1.52 bits per heavy atom. The van der Waals surface area contributed by atoms with Gasteiger partial charge in [-0.1, -0.05) is 0 Å². The first-order chi connectivity index (χ1) is 11.2. The normalized spacial score (nSPS) is 12.4. The zero-order valence-electron chi connectivity index (χ0n) is 12.6. The molecule has 0 unspecified atom stereocenters. The van der Waals surface area contributed by atoms with Crippen LogP contribution in [0.4, 0.5) is 5.69 Å². The third-order valence-electron chi connectivity index (χ3n) is 3.44. The maximum absolute atomic E-state index is 12.3. The molecule has 2 aromatic rings. The standard InChI is InChI=1S/C17H16N2O4/c1-18-16(20)11-2-5-13(6-3-11)19-17(21)12-4-7-14-15(10-12)23-9-8-22-14/h2-7,10H,8-9H2,1H3,(H,18,20)(H,19,21). The van der Waals surface area contributed by atoms with Crippen LogP contribution in [0.1, 0.15) is 20.7 Å². The van der Waals surface area contributed by atoms with E-state index in [0.717, 1.165) is 0 Å². The minimum atomic E-state index is -0.255. The van der Waals surface area contributed by atoms with Crippen molar-refractivity contribution in [2.45, 2.75) is 0 Å². The number of benzene rings is 2. The molecule has 0 saturated carbocycles. The van der Waals surface area contributed by atoms with E-state index in [1.165, 1.54) is 0 Å². The number of hydrogen-bond acceptors (Lipinski definition) is 4. The monoisotopic (exact) mass is 312 g/mol. The molecule has 1 heterocycles. The molecule has 1 aliphatic heterocycles. The van der Waals surface area contributed by atoms with E-state index >= 15 is 0 Å². The molecule has 0 atom stereocenters. The summed E-state index contributed by atoms with van der Waals surface area (Å²) >= 11 is 0. The van der Waals surface area contributed by atoms with Crippen LogP contribution in [-0.2, 0) is 0 Å². The van der Waals surface area contributed by atoms with Gasteiger partial charge in [-0.05, 0) is 42.5 Å². The molecular formula is C17H16N2O4. The maximum atomic E-state index is 12.3. The van der Waals surface area contributed by atoms with Gasteiger partial charge in [-0.2, -0.15) is 0 Å². The second-order valence-corrected chi connectivity index (χ2v) is 4.97. The Kier molecular flexibility index (Phi) is 4.14. The molecule has 0 aromatic heterocycles. The van der Waals surface area contributed by atoms with Crippen molar-refractivity contribution >= 4 is 17.5 Å². The number of carbonyl (C=O) groups excluding carboxylic acids is 2. The predicted octanol–water partition coefficient (Wildman–Crippen LogP) is 2.07. The minimum absolute atomic E-state index is 0.172. The predicted molar refractivity (Wildman–Crippen MR) is 85.2 cm³/mol. The van der Waals surface area contributed by atoms with Crippen LogP contribution in [0.5, 0.6) is 11.5 Å². The number of carbonyl (C=O) groups is 2. The van der Waals surface area contributed by atoms with Gasteiger partial charge in [-0.3, -0.25) is 9.59 Å². The summed E-state index contributed by atoms with van der Waals surface area (Å²) in [5.74, 6) is 0.783. The van der Waals surface area contributed by atoms with Crippen LogP contribution in [0.15, 0.2) is 42.5 Å². The Hall–Kier alpha value is -3.02. The smallest absolute Gasteiger partial charge is 0.255 e. The quantitative estimate of drug-likeness (QED) is 0.909. The van der Waals surface area contributed by atoms with Crippen LogP contribution in [-0.4, -0.2) is 32.1 Å². The molecule has 1 aliphatic rings. The molecule has 0 saturated heterocycles. The van der Waals surface area contributed by atoms with Crippen LogP contribution < -0.4 is 20.1 Å². The molecule has 0 aliphatic carbocycles.